The van der Waals surface area contributed by atoms with E-state index in [0.717, 1.165) is 13.2 Å². The third-order valence-corrected chi connectivity index (χ3v) is 0.638. The Balaban J connectivity index is 2.53. The molecule has 0 atom stereocenters. The first kappa shape index (κ1) is 3.66. The molecule has 1 heterocycles. The summed E-state index contributed by atoms with van der Waals surface area (Å²) in [6.07, 6.45) is 3.73. The van der Waals surface area contributed by atoms with Crippen LogP contribution in [0.5, 0.6) is 0 Å². The van der Waals surface area contributed by atoms with E-state index in [1.807, 2.05) is 12.2 Å². The Morgan fingerprint density at radius 2 is 2.00 bits per heavy atom. The van der Waals surface area contributed by atoms with Crippen LogP contribution in [0.2, 0.25) is 0 Å². The van der Waals surface area contributed by atoms with Crippen LogP contribution in [0.25, 0.3) is 0 Å². The van der Waals surface area contributed by atoms with Crippen LogP contribution in [-0.2, 0) is 4.74 Å². The van der Waals surface area contributed by atoms with Crippen molar-refractivity contribution in [1.29, 1.82) is 0 Å². The molecular formula is C5H6O. The standard InChI is InChI=1S/C5H6O/c1-2-4-6-5-3-1/h2-3H,4-5H2. The molecule has 1 heteroatoms. The summed E-state index contributed by atoms with van der Waals surface area (Å²) in [7, 11) is 0. The predicted octanol–water partition coefficient (Wildman–Crippen LogP) is 0.728. The van der Waals surface area contributed by atoms with Gasteiger partial charge in [-0.1, -0.05) is 0 Å². The highest BCUT2D eigenvalue weighted by Gasteiger charge is 1.79. The average molecular weight is 82.1 g/mol. The van der Waals surface area contributed by atoms with Crippen LogP contribution in [-0.4, -0.2) is 13.2 Å². The molecule has 1 aliphatic heterocycles. The second kappa shape index (κ2) is 1.81. The van der Waals surface area contributed by atoms with Crippen molar-refractivity contribution in [3.63, 3.8) is 0 Å². The smallest absolute Gasteiger partial charge is 0.0725 e. The first-order valence-electron chi connectivity index (χ1n) is 1.97. The van der Waals surface area contributed by atoms with Crippen molar-refractivity contribution in [3.05, 3.63) is 17.9 Å². The molecule has 0 saturated carbocycles. The van der Waals surface area contributed by atoms with Crippen molar-refractivity contribution in [2.45, 2.75) is 0 Å². The van der Waals surface area contributed by atoms with E-state index in [1.54, 1.807) is 0 Å². The molecule has 32 valence electrons. The Bertz CT molecular complexity index is 80.1. The van der Waals surface area contributed by atoms with Gasteiger partial charge in [-0.2, -0.15) is 0 Å². The molecule has 0 N–H and O–H groups in total. The van der Waals surface area contributed by atoms with Crippen LogP contribution in [0.3, 0.4) is 0 Å². The van der Waals surface area contributed by atoms with E-state index >= 15 is 0 Å². The number of rotatable bonds is 0. The van der Waals surface area contributed by atoms with E-state index in [-0.39, 0.29) is 0 Å². The third-order valence-electron chi connectivity index (χ3n) is 0.638. The van der Waals surface area contributed by atoms with Crippen molar-refractivity contribution >= 4 is 0 Å². The monoisotopic (exact) mass is 82.0 g/mol. The largest absolute Gasteiger partial charge is 0.372 e. The Morgan fingerprint density at radius 3 is 2.17 bits per heavy atom. The van der Waals surface area contributed by atoms with Gasteiger partial charge in [-0.25, -0.2) is 0 Å². The van der Waals surface area contributed by atoms with Crippen LogP contribution in [0.15, 0.2) is 17.9 Å². The summed E-state index contributed by atoms with van der Waals surface area (Å²) < 4.78 is 4.90. The van der Waals surface area contributed by atoms with E-state index in [0.29, 0.717) is 0 Å². The number of hydrogen-bond acceptors (Lipinski definition) is 1. The molecule has 1 aliphatic rings. The molecule has 0 aliphatic carbocycles. The maximum atomic E-state index is 4.90. The highest BCUT2D eigenvalue weighted by Crippen LogP contribution is 1.81. The Kier molecular flexibility index (Phi) is 1.10. The van der Waals surface area contributed by atoms with Gasteiger partial charge in [0.05, 0.1) is 13.2 Å². The van der Waals surface area contributed by atoms with Gasteiger partial charge in [-0.15, -0.1) is 5.73 Å². The lowest BCUT2D eigenvalue weighted by Gasteiger charge is -1.94. The third kappa shape index (κ3) is 0.713. The molecule has 1 rings (SSSR count). The van der Waals surface area contributed by atoms with Gasteiger partial charge in [0.15, 0.2) is 0 Å². The van der Waals surface area contributed by atoms with E-state index in [2.05, 4.69) is 5.73 Å². The van der Waals surface area contributed by atoms with Gasteiger partial charge in [-0.05, 0) is 12.2 Å². The summed E-state index contributed by atoms with van der Waals surface area (Å²) >= 11 is 0. The molecule has 1 nitrogen and oxygen atoms in total. The normalized spacial score (nSPS) is 18.7. The highest BCUT2D eigenvalue weighted by atomic mass is 16.5. The van der Waals surface area contributed by atoms with Gasteiger partial charge >= 0.3 is 0 Å². The first-order valence-corrected chi connectivity index (χ1v) is 1.97. The summed E-state index contributed by atoms with van der Waals surface area (Å²) in [4.78, 5) is 0. The van der Waals surface area contributed by atoms with E-state index in [9.17, 15) is 0 Å². The quantitative estimate of drug-likeness (QED) is 0.391. The lowest BCUT2D eigenvalue weighted by Crippen LogP contribution is -1.91. The zero-order valence-corrected chi connectivity index (χ0v) is 3.48. The van der Waals surface area contributed by atoms with Crippen LogP contribution < -0.4 is 0 Å². The molecule has 0 aromatic rings. The fraction of sp³-hybridized carbons (Fsp3) is 0.400. The maximum Gasteiger partial charge on any atom is 0.0725 e. The number of ether oxygens (including phenoxy) is 1. The summed E-state index contributed by atoms with van der Waals surface area (Å²) in [6.45, 7) is 1.47. The van der Waals surface area contributed by atoms with E-state index in [1.165, 1.54) is 0 Å². The van der Waals surface area contributed by atoms with Crippen molar-refractivity contribution in [3.8, 4) is 0 Å². The highest BCUT2D eigenvalue weighted by molar-refractivity contribution is 4.88. The maximum absolute atomic E-state index is 4.90. The van der Waals surface area contributed by atoms with E-state index in [4.69, 9.17) is 4.74 Å². The molecule has 0 fully saturated rings. The molecule has 0 aromatic carbocycles. The Labute approximate surface area is 36.9 Å². The molecule has 0 spiro atoms. The van der Waals surface area contributed by atoms with Crippen molar-refractivity contribution < 1.29 is 4.74 Å². The summed E-state index contributed by atoms with van der Waals surface area (Å²) in [5.41, 5.74) is 2.91. The minimum atomic E-state index is 0.733. The lowest BCUT2D eigenvalue weighted by molar-refractivity contribution is 0.190. The molecule has 0 bridgehead atoms. The van der Waals surface area contributed by atoms with Gasteiger partial charge in [-0.3, -0.25) is 0 Å². The lowest BCUT2D eigenvalue weighted by atomic mass is 10.5. The van der Waals surface area contributed by atoms with Crippen LogP contribution in [0.1, 0.15) is 0 Å². The average Bonchev–Trinajstić information content (AvgIpc) is 1.72. The predicted molar refractivity (Wildman–Crippen MR) is 23.5 cm³/mol. The molecule has 0 amide bonds. The zero-order valence-electron chi connectivity index (χ0n) is 3.48. The summed E-state index contributed by atoms with van der Waals surface area (Å²) in [5.74, 6) is 0. The second-order valence-corrected chi connectivity index (χ2v) is 1.11. The minimum absolute atomic E-state index is 0.733. The van der Waals surface area contributed by atoms with Gasteiger partial charge < -0.3 is 4.74 Å². The van der Waals surface area contributed by atoms with Gasteiger partial charge in [0.1, 0.15) is 0 Å². The molecule has 6 heavy (non-hydrogen) atoms. The SMILES string of the molecule is C1=CCOCC=1. The topological polar surface area (TPSA) is 9.23 Å². The fourth-order valence-corrected chi connectivity index (χ4v) is 0.365. The minimum Gasteiger partial charge on any atom is -0.372 e. The Hall–Kier alpha value is -0.520. The van der Waals surface area contributed by atoms with Crippen molar-refractivity contribution in [2.24, 2.45) is 0 Å². The van der Waals surface area contributed by atoms with Crippen molar-refractivity contribution in [2.75, 3.05) is 13.2 Å². The summed E-state index contributed by atoms with van der Waals surface area (Å²) in [5, 5.41) is 0. The summed E-state index contributed by atoms with van der Waals surface area (Å²) in [6, 6.07) is 0. The molecule has 0 aromatic heterocycles. The van der Waals surface area contributed by atoms with E-state index < -0.39 is 0 Å². The van der Waals surface area contributed by atoms with Gasteiger partial charge in [0, 0.05) is 0 Å². The molecule has 0 unspecified atom stereocenters. The molecule has 0 radical (unpaired) electrons. The van der Waals surface area contributed by atoms with Crippen LogP contribution >= 0.6 is 0 Å². The first-order chi connectivity index (χ1) is 3.00. The zero-order chi connectivity index (χ0) is 4.24. The molecule has 0 saturated heterocycles. The van der Waals surface area contributed by atoms with Crippen molar-refractivity contribution in [1.82, 2.24) is 0 Å². The second-order valence-electron chi connectivity index (χ2n) is 1.11. The van der Waals surface area contributed by atoms with Crippen LogP contribution in [0.4, 0.5) is 0 Å². The fourth-order valence-electron chi connectivity index (χ4n) is 0.365. The van der Waals surface area contributed by atoms with Gasteiger partial charge in [0.2, 0.25) is 0 Å². The Morgan fingerprint density at radius 1 is 1.33 bits per heavy atom. The molecular weight excluding hydrogens is 76.1 g/mol. The number of hydrogen-bond donors (Lipinski definition) is 0. The van der Waals surface area contributed by atoms with Crippen LogP contribution in [0, 0.1) is 0 Å². The van der Waals surface area contributed by atoms with Gasteiger partial charge in [0.25, 0.3) is 0 Å².